The molecule has 1 N–H and O–H groups in total. The van der Waals surface area contributed by atoms with Gasteiger partial charge in [-0.1, -0.05) is 0 Å². The maximum absolute atomic E-state index is 12.6. The minimum Gasteiger partial charge on any atom is -0.493 e. The van der Waals surface area contributed by atoms with Crippen LogP contribution >= 0.6 is 0 Å². The Labute approximate surface area is 147 Å². The van der Waals surface area contributed by atoms with Gasteiger partial charge in [-0.05, 0) is 31.9 Å². The van der Waals surface area contributed by atoms with Crippen molar-refractivity contribution in [3.8, 4) is 11.5 Å². The van der Waals surface area contributed by atoms with Gasteiger partial charge in [0.15, 0.2) is 11.5 Å². The predicted molar refractivity (Wildman–Crippen MR) is 95.7 cm³/mol. The topological polar surface area (TPSA) is 76.6 Å². The number of ether oxygens (including phenoxy) is 2. The van der Waals surface area contributed by atoms with Crippen LogP contribution < -0.4 is 19.7 Å². The fourth-order valence-corrected chi connectivity index (χ4v) is 2.89. The Morgan fingerprint density at radius 1 is 1.08 bits per heavy atom. The summed E-state index contributed by atoms with van der Waals surface area (Å²) in [5.74, 6) is 2.27. The first-order valence-corrected chi connectivity index (χ1v) is 8.24. The van der Waals surface area contributed by atoms with E-state index < -0.39 is 0 Å². The lowest BCUT2D eigenvalue weighted by Gasteiger charge is -2.17. The number of methoxy groups -OCH3 is 2. The molecule has 2 aromatic rings. The lowest BCUT2D eigenvalue weighted by Crippen LogP contribution is -2.22. The number of carbonyl (C=O) groups excluding carboxylic acids is 1. The normalized spacial score (nSPS) is 13.6. The molecule has 0 aliphatic carbocycles. The summed E-state index contributed by atoms with van der Waals surface area (Å²) < 4.78 is 10.5. The Morgan fingerprint density at radius 2 is 1.80 bits per heavy atom. The van der Waals surface area contributed by atoms with Crippen molar-refractivity contribution in [2.75, 3.05) is 37.5 Å². The van der Waals surface area contributed by atoms with Gasteiger partial charge in [-0.15, -0.1) is 0 Å². The van der Waals surface area contributed by atoms with Crippen LogP contribution in [-0.4, -0.2) is 43.2 Å². The second kappa shape index (κ2) is 7.38. The summed E-state index contributed by atoms with van der Waals surface area (Å²) in [4.78, 5) is 23.5. The van der Waals surface area contributed by atoms with Gasteiger partial charge >= 0.3 is 0 Å². The molecule has 0 radical (unpaired) electrons. The summed E-state index contributed by atoms with van der Waals surface area (Å²) in [6, 6.07) is 6.96. The number of benzene rings is 1. The molecule has 0 saturated carbocycles. The van der Waals surface area contributed by atoms with E-state index in [1.54, 1.807) is 45.4 Å². The van der Waals surface area contributed by atoms with Crippen molar-refractivity contribution < 1.29 is 14.3 Å². The first-order valence-electron chi connectivity index (χ1n) is 8.24. The number of carbonyl (C=O) groups is 1. The molecule has 1 fully saturated rings. The molecular formula is C18H22N4O3. The van der Waals surface area contributed by atoms with Gasteiger partial charge in [0, 0.05) is 30.9 Å². The van der Waals surface area contributed by atoms with E-state index in [0.717, 1.165) is 31.7 Å². The zero-order valence-corrected chi connectivity index (χ0v) is 14.7. The molecule has 0 spiro atoms. The van der Waals surface area contributed by atoms with E-state index in [1.165, 1.54) is 0 Å². The fourth-order valence-electron chi connectivity index (χ4n) is 2.89. The van der Waals surface area contributed by atoms with Crippen LogP contribution in [0.3, 0.4) is 0 Å². The van der Waals surface area contributed by atoms with Crippen LogP contribution in [0.5, 0.6) is 11.5 Å². The molecule has 3 rings (SSSR count). The fraction of sp³-hybridized carbons (Fsp3) is 0.389. The molecule has 1 amide bonds. The van der Waals surface area contributed by atoms with Gasteiger partial charge in [0.1, 0.15) is 17.3 Å². The van der Waals surface area contributed by atoms with Crippen LogP contribution in [-0.2, 0) is 0 Å². The Kier molecular flexibility index (Phi) is 5.02. The zero-order valence-electron chi connectivity index (χ0n) is 14.7. The molecule has 1 saturated heterocycles. The minimum absolute atomic E-state index is 0.279. The molecule has 7 nitrogen and oxygen atoms in total. The lowest BCUT2D eigenvalue weighted by molar-refractivity contribution is 0.102. The Bertz CT molecular complexity index is 773. The maximum atomic E-state index is 12.6. The summed E-state index contributed by atoms with van der Waals surface area (Å²) in [5, 5.41) is 2.85. The zero-order chi connectivity index (χ0) is 17.8. The predicted octanol–water partition coefficient (Wildman–Crippen LogP) is 2.65. The SMILES string of the molecule is COc1ccc(NC(=O)c2cc(N3CCCC3)nc(C)n2)cc1OC. The van der Waals surface area contributed by atoms with Crippen molar-refractivity contribution in [3.05, 3.63) is 35.8 Å². The average Bonchev–Trinajstić information content (AvgIpc) is 3.15. The second-order valence-corrected chi connectivity index (χ2v) is 5.88. The number of anilines is 2. The molecule has 1 aliphatic rings. The highest BCUT2D eigenvalue weighted by molar-refractivity contribution is 6.03. The molecule has 0 atom stereocenters. The van der Waals surface area contributed by atoms with Crippen molar-refractivity contribution in [1.29, 1.82) is 0 Å². The van der Waals surface area contributed by atoms with E-state index in [2.05, 4.69) is 20.2 Å². The lowest BCUT2D eigenvalue weighted by atomic mass is 10.2. The van der Waals surface area contributed by atoms with Crippen LogP contribution in [0.2, 0.25) is 0 Å². The molecule has 0 bridgehead atoms. The number of amides is 1. The monoisotopic (exact) mass is 342 g/mol. The van der Waals surface area contributed by atoms with Crippen LogP contribution in [0, 0.1) is 6.92 Å². The van der Waals surface area contributed by atoms with E-state index in [9.17, 15) is 4.79 Å². The third-order valence-corrected chi connectivity index (χ3v) is 4.13. The molecule has 132 valence electrons. The summed E-state index contributed by atoms with van der Waals surface area (Å²) >= 11 is 0. The van der Waals surface area contributed by atoms with Crippen molar-refractivity contribution in [3.63, 3.8) is 0 Å². The summed E-state index contributed by atoms with van der Waals surface area (Å²) in [6.07, 6.45) is 2.30. The average molecular weight is 342 g/mol. The maximum Gasteiger partial charge on any atom is 0.274 e. The van der Waals surface area contributed by atoms with Gasteiger partial charge in [-0.2, -0.15) is 0 Å². The third kappa shape index (κ3) is 3.81. The van der Waals surface area contributed by atoms with Gasteiger partial charge < -0.3 is 19.7 Å². The summed E-state index contributed by atoms with van der Waals surface area (Å²) in [5.41, 5.74) is 0.964. The van der Waals surface area contributed by atoms with Gasteiger partial charge in [0.25, 0.3) is 5.91 Å². The first kappa shape index (κ1) is 17.0. The number of nitrogens with one attached hydrogen (secondary N) is 1. The van der Waals surface area contributed by atoms with Gasteiger partial charge in [0.05, 0.1) is 14.2 Å². The van der Waals surface area contributed by atoms with E-state index >= 15 is 0 Å². The minimum atomic E-state index is -0.279. The molecule has 1 aliphatic heterocycles. The Balaban J connectivity index is 1.81. The number of nitrogens with zero attached hydrogens (tertiary/aromatic N) is 3. The van der Waals surface area contributed by atoms with E-state index in [0.29, 0.717) is 28.7 Å². The number of hydrogen-bond acceptors (Lipinski definition) is 6. The highest BCUT2D eigenvalue weighted by Gasteiger charge is 2.18. The Hall–Kier alpha value is -2.83. The van der Waals surface area contributed by atoms with Crippen LogP contribution in [0.1, 0.15) is 29.2 Å². The standard InChI is InChI=1S/C18H22N4O3/c1-12-19-14(11-17(20-12)22-8-4-5-9-22)18(23)21-13-6-7-15(24-2)16(10-13)25-3/h6-7,10-11H,4-5,8-9H2,1-3H3,(H,21,23). The van der Waals surface area contributed by atoms with E-state index in [-0.39, 0.29) is 5.91 Å². The van der Waals surface area contributed by atoms with Crippen LogP contribution in [0.25, 0.3) is 0 Å². The number of aryl methyl sites for hydroxylation is 1. The number of hydrogen-bond donors (Lipinski definition) is 1. The number of rotatable bonds is 5. The molecule has 25 heavy (non-hydrogen) atoms. The van der Waals surface area contributed by atoms with E-state index in [4.69, 9.17) is 9.47 Å². The van der Waals surface area contributed by atoms with Crippen LogP contribution in [0.4, 0.5) is 11.5 Å². The highest BCUT2D eigenvalue weighted by atomic mass is 16.5. The van der Waals surface area contributed by atoms with Crippen LogP contribution in [0.15, 0.2) is 24.3 Å². The molecule has 0 unspecified atom stereocenters. The molecule has 1 aromatic heterocycles. The molecule has 7 heteroatoms. The van der Waals surface area contributed by atoms with Gasteiger partial charge in [-0.25, -0.2) is 9.97 Å². The molecule has 1 aromatic carbocycles. The van der Waals surface area contributed by atoms with Gasteiger partial charge in [0.2, 0.25) is 0 Å². The summed E-state index contributed by atoms with van der Waals surface area (Å²) in [7, 11) is 3.12. The van der Waals surface area contributed by atoms with Crippen molar-refractivity contribution in [2.45, 2.75) is 19.8 Å². The second-order valence-electron chi connectivity index (χ2n) is 5.88. The first-order chi connectivity index (χ1) is 12.1. The summed E-state index contributed by atoms with van der Waals surface area (Å²) in [6.45, 7) is 3.73. The van der Waals surface area contributed by atoms with E-state index in [1.807, 2.05) is 0 Å². The number of aromatic nitrogens is 2. The van der Waals surface area contributed by atoms with Crippen molar-refractivity contribution in [2.24, 2.45) is 0 Å². The van der Waals surface area contributed by atoms with Crippen molar-refractivity contribution in [1.82, 2.24) is 9.97 Å². The highest BCUT2D eigenvalue weighted by Crippen LogP contribution is 2.30. The van der Waals surface area contributed by atoms with Crippen molar-refractivity contribution >= 4 is 17.4 Å². The Morgan fingerprint density at radius 3 is 2.48 bits per heavy atom. The quantitative estimate of drug-likeness (QED) is 0.900. The van der Waals surface area contributed by atoms with Gasteiger partial charge in [-0.3, -0.25) is 4.79 Å². The third-order valence-electron chi connectivity index (χ3n) is 4.13. The molecular weight excluding hydrogens is 320 g/mol. The smallest absolute Gasteiger partial charge is 0.274 e. The molecule has 2 heterocycles. The largest absolute Gasteiger partial charge is 0.493 e.